The van der Waals surface area contributed by atoms with Gasteiger partial charge in [0.2, 0.25) is 5.91 Å². The van der Waals surface area contributed by atoms with Gasteiger partial charge in [-0.1, -0.05) is 24.3 Å². The summed E-state index contributed by atoms with van der Waals surface area (Å²) in [6, 6.07) is 15.7. The summed E-state index contributed by atoms with van der Waals surface area (Å²) >= 11 is 0. The molecule has 1 heterocycles. The van der Waals surface area contributed by atoms with Crippen molar-refractivity contribution in [2.45, 2.75) is 19.4 Å². The highest BCUT2D eigenvalue weighted by Crippen LogP contribution is 2.26. The van der Waals surface area contributed by atoms with Crippen LogP contribution in [0.1, 0.15) is 13.3 Å². The van der Waals surface area contributed by atoms with Gasteiger partial charge in [-0.05, 0) is 31.2 Å². The quantitative estimate of drug-likeness (QED) is 0.504. The van der Waals surface area contributed by atoms with Crippen LogP contribution in [-0.4, -0.2) is 50.6 Å². The monoisotopic (exact) mass is 411 g/mol. The molecule has 0 fully saturated rings. The number of esters is 1. The molecule has 0 spiro atoms. The molecule has 0 radical (unpaired) electrons. The number of methoxy groups -OCH3 is 1. The van der Waals surface area contributed by atoms with Crippen molar-refractivity contribution in [1.82, 2.24) is 0 Å². The second-order valence-electron chi connectivity index (χ2n) is 6.53. The molecule has 8 heteroatoms. The van der Waals surface area contributed by atoms with Crippen molar-refractivity contribution in [2.24, 2.45) is 5.10 Å². The molecule has 1 unspecified atom stereocenters. The van der Waals surface area contributed by atoms with E-state index >= 15 is 0 Å². The Kier molecular flexibility index (Phi) is 7.40. The van der Waals surface area contributed by atoms with Crippen molar-refractivity contribution in [3.8, 4) is 5.75 Å². The molecule has 2 aromatic rings. The van der Waals surface area contributed by atoms with Crippen LogP contribution >= 0.6 is 0 Å². The van der Waals surface area contributed by atoms with Gasteiger partial charge in [0.1, 0.15) is 24.1 Å². The molecule has 1 amide bonds. The molecule has 0 aliphatic carbocycles. The Morgan fingerprint density at radius 1 is 1.13 bits per heavy atom. The van der Waals surface area contributed by atoms with Gasteiger partial charge in [0.05, 0.1) is 18.9 Å². The zero-order valence-corrected chi connectivity index (χ0v) is 17.0. The molecule has 1 N–H and O–H groups in total. The maximum atomic E-state index is 13.1. The van der Waals surface area contributed by atoms with Gasteiger partial charge in [-0.3, -0.25) is 9.80 Å². The van der Waals surface area contributed by atoms with Gasteiger partial charge in [0.15, 0.2) is 0 Å². The van der Waals surface area contributed by atoms with Crippen LogP contribution in [0.5, 0.6) is 5.75 Å². The Bertz CT molecular complexity index is 901. The van der Waals surface area contributed by atoms with Crippen LogP contribution in [0.2, 0.25) is 0 Å². The van der Waals surface area contributed by atoms with Crippen LogP contribution < -0.4 is 15.1 Å². The number of nitrogens with zero attached hydrogens (tertiary/aromatic N) is 2. The third kappa shape index (κ3) is 5.36. The molecule has 3 rings (SSSR count). The van der Waals surface area contributed by atoms with Crippen LogP contribution in [0.15, 0.2) is 59.7 Å². The van der Waals surface area contributed by atoms with E-state index in [1.54, 1.807) is 43.3 Å². The minimum absolute atomic E-state index is 0.156. The molecule has 2 aromatic carbocycles. The normalized spacial score (nSPS) is 15.5. The summed E-state index contributed by atoms with van der Waals surface area (Å²) in [4.78, 5) is 25.2. The summed E-state index contributed by atoms with van der Waals surface area (Å²) in [7, 11) is 1.60. The van der Waals surface area contributed by atoms with E-state index in [4.69, 9.17) is 14.2 Å². The molecule has 1 atom stereocenters. The lowest BCUT2D eigenvalue weighted by Gasteiger charge is -2.22. The van der Waals surface area contributed by atoms with Crippen molar-refractivity contribution < 1.29 is 23.8 Å². The number of carbonyl (C=O) groups is 2. The standard InChI is InChI=1S/C22H25N3O5/c1-3-29-22(27)19-15-20(25(24-19)17-9-5-4-6-10-17)21(26)23-16-8-7-11-18(14-16)30-13-12-28-2/h4-11,14,20H,3,12-13,15H2,1-2H3,(H,23,26). The van der Waals surface area contributed by atoms with E-state index in [1.807, 2.05) is 30.3 Å². The van der Waals surface area contributed by atoms with Crippen molar-refractivity contribution in [1.29, 1.82) is 0 Å². The summed E-state index contributed by atoms with van der Waals surface area (Å²) in [5, 5.41) is 8.81. The van der Waals surface area contributed by atoms with Gasteiger partial charge < -0.3 is 19.5 Å². The van der Waals surface area contributed by atoms with E-state index in [2.05, 4.69) is 10.4 Å². The van der Waals surface area contributed by atoms with Crippen LogP contribution in [0, 0.1) is 0 Å². The largest absolute Gasteiger partial charge is 0.491 e. The molecule has 0 bridgehead atoms. The van der Waals surface area contributed by atoms with Crippen LogP contribution in [0.25, 0.3) is 0 Å². The number of benzene rings is 2. The number of ether oxygens (including phenoxy) is 3. The van der Waals surface area contributed by atoms with Crippen LogP contribution in [-0.2, 0) is 19.1 Å². The Labute approximate surface area is 175 Å². The van der Waals surface area contributed by atoms with Gasteiger partial charge in [-0.15, -0.1) is 0 Å². The number of para-hydroxylation sites is 1. The summed E-state index contributed by atoms with van der Waals surface area (Å²) in [5.74, 6) is -0.169. The fraction of sp³-hybridized carbons (Fsp3) is 0.318. The van der Waals surface area contributed by atoms with E-state index in [-0.39, 0.29) is 24.6 Å². The Morgan fingerprint density at radius 2 is 1.93 bits per heavy atom. The molecule has 158 valence electrons. The lowest BCUT2D eigenvalue weighted by atomic mass is 10.1. The highest BCUT2D eigenvalue weighted by molar-refractivity contribution is 6.38. The number of carbonyl (C=O) groups excluding carboxylic acids is 2. The zero-order chi connectivity index (χ0) is 21.3. The number of rotatable bonds is 9. The molecular formula is C22H25N3O5. The van der Waals surface area contributed by atoms with Gasteiger partial charge in [0.25, 0.3) is 0 Å². The van der Waals surface area contributed by atoms with Crippen molar-refractivity contribution in [3.05, 3.63) is 54.6 Å². The van der Waals surface area contributed by atoms with E-state index in [9.17, 15) is 9.59 Å². The van der Waals surface area contributed by atoms with Gasteiger partial charge in [-0.25, -0.2) is 4.79 Å². The Morgan fingerprint density at radius 3 is 2.67 bits per heavy atom. The maximum absolute atomic E-state index is 13.1. The predicted molar refractivity (Wildman–Crippen MR) is 114 cm³/mol. The lowest BCUT2D eigenvalue weighted by Crippen LogP contribution is -2.38. The minimum atomic E-state index is -0.676. The number of hydrogen-bond donors (Lipinski definition) is 1. The number of anilines is 2. The number of amides is 1. The number of hydrogen-bond acceptors (Lipinski definition) is 7. The third-order valence-corrected chi connectivity index (χ3v) is 4.40. The molecule has 0 saturated carbocycles. The molecule has 30 heavy (non-hydrogen) atoms. The fourth-order valence-corrected chi connectivity index (χ4v) is 3.00. The maximum Gasteiger partial charge on any atom is 0.354 e. The molecule has 8 nitrogen and oxygen atoms in total. The SMILES string of the molecule is CCOC(=O)C1=NN(c2ccccc2)C(C(=O)Nc2cccc(OCCOC)c2)C1. The number of nitrogens with one attached hydrogen (secondary N) is 1. The minimum Gasteiger partial charge on any atom is -0.491 e. The molecule has 1 aliphatic heterocycles. The molecule has 1 aliphatic rings. The third-order valence-electron chi connectivity index (χ3n) is 4.40. The second-order valence-corrected chi connectivity index (χ2v) is 6.53. The smallest absolute Gasteiger partial charge is 0.354 e. The van der Waals surface area contributed by atoms with Crippen molar-refractivity contribution in [3.63, 3.8) is 0 Å². The first-order valence-corrected chi connectivity index (χ1v) is 9.74. The Hall–Kier alpha value is -3.39. The summed E-state index contributed by atoms with van der Waals surface area (Å²) in [6.07, 6.45) is 0.156. The summed E-state index contributed by atoms with van der Waals surface area (Å²) in [5.41, 5.74) is 1.53. The first kappa shape index (κ1) is 21.3. The molecular weight excluding hydrogens is 386 g/mol. The highest BCUT2D eigenvalue weighted by Gasteiger charge is 2.36. The van der Waals surface area contributed by atoms with Crippen LogP contribution in [0.4, 0.5) is 11.4 Å². The van der Waals surface area contributed by atoms with E-state index in [0.29, 0.717) is 30.3 Å². The fourth-order valence-electron chi connectivity index (χ4n) is 3.00. The molecule has 0 saturated heterocycles. The van der Waals surface area contributed by atoms with Gasteiger partial charge in [-0.2, -0.15) is 5.10 Å². The second kappa shape index (κ2) is 10.4. The van der Waals surface area contributed by atoms with E-state index in [1.165, 1.54) is 0 Å². The van der Waals surface area contributed by atoms with Gasteiger partial charge in [0, 0.05) is 25.3 Å². The van der Waals surface area contributed by atoms with E-state index in [0.717, 1.165) is 0 Å². The zero-order valence-electron chi connectivity index (χ0n) is 17.0. The summed E-state index contributed by atoms with van der Waals surface area (Å²) in [6.45, 7) is 2.86. The van der Waals surface area contributed by atoms with Gasteiger partial charge >= 0.3 is 5.97 Å². The van der Waals surface area contributed by atoms with Crippen molar-refractivity contribution >= 4 is 29.0 Å². The number of hydrazone groups is 1. The molecule has 0 aromatic heterocycles. The summed E-state index contributed by atoms with van der Waals surface area (Å²) < 4.78 is 15.6. The topological polar surface area (TPSA) is 89.5 Å². The average molecular weight is 411 g/mol. The predicted octanol–water partition coefficient (Wildman–Crippen LogP) is 2.85. The van der Waals surface area contributed by atoms with Crippen LogP contribution in [0.3, 0.4) is 0 Å². The highest BCUT2D eigenvalue weighted by atomic mass is 16.5. The Balaban J connectivity index is 1.75. The van der Waals surface area contributed by atoms with Crippen molar-refractivity contribution in [2.75, 3.05) is 37.3 Å². The first-order valence-electron chi connectivity index (χ1n) is 9.74. The lowest BCUT2D eigenvalue weighted by molar-refractivity contribution is -0.135. The average Bonchev–Trinajstić information content (AvgIpc) is 3.21. The van der Waals surface area contributed by atoms with E-state index < -0.39 is 12.0 Å². The first-order chi connectivity index (χ1) is 14.6.